The predicted octanol–water partition coefficient (Wildman–Crippen LogP) is 2.58. The third kappa shape index (κ3) is 2.78. The van der Waals surface area contributed by atoms with Crippen molar-refractivity contribution < 1.29 is 5.11 Å². The van der Waals surface area contributed by atoms with Crippen molar-refractivity contribution in [2.75, 3.05) is 12.4 Å². The zero-order chi connectivity index (χ0) is 11.4. The van der Waals surface area contributed by atoms with E-state index in [0.717, 1.165) is 6.42 Å². The van der Waals surface area contributed by atoms with Crippen LogP contribution in [0.3, 0.4) is 0 Å². The molecule has 3 heteroatoms. The molecule has 0 fully saturated rings. The van der Waals surface area contributed by atoms with Gasteiger partial charge in [-0.05, 0) is 37.1 Å². The summed E-state index contributed by atoms with van der Waals surface area (Å²) in [5, 5.41) is 12.5. The first-order chi connectivity index (χ1) is 7.81. The van der Waals surface area contributed by atoms with Crippen molar-refractivity contribution in [3.63, 3.8) is 0 Å². The summed E-state index contributed by atoms with van der Waals surface area (Å²) < 4.78 is 0. The highest BCUT2D eigenvalue weighted by Gasteiger charge is 2.21. The van der Waals surface area contributed by atoms with Gasteiger partial charge in [0.05, 0.1) is 0 Å². The van der Waals surface area contributed by atoms with Gasteiger partial charge in [0.15, 0.2) is 0 Å². The summed E-state index contributed by atoms with van der Waals surface area (Å²) in [5.41, 5.74) is 1.42. The molecule has 2 atom stereocenters. The van der Waals surface area contributed by atoms with E-state index in [4.69, 9.17) is 5.11 Å². The molecule has 0 aromatic heterocycles. The fourth-order valence-corrected chi connectivity index (χ4v) is 3.26. The highest BCUT2D eigenvalue weighted by atomic mass is 32.2. The Kier molecular flexibility index (Phi) is 4.27. The van der Waals surface area contributed by atoms with Gasteiger partial charge in [-0.25, -0.2) is 0 Å². The van der Waals surface area contributed by atoms with E-state index in [1.165, 1.54) is 22.6 Å². The Bertz CT molecular complexity index is 342. The topological polar surface area (TPSA) is 32.3 Å². The fourth-order valence-electron chi connectivity index (χ4n) is 2.14. The van der Waals surface area contributed by atoms with Crippen molar-refractivity contribution in [1.82, 2.24) is 5.32 Å². The lowest BCUT2D eigenvalue weighted by Gasteiger charge is -2.28. The maximum absolute atomic E-state index is 8.92. The van der Waals surface area contributed by atoms with Crippen molar-refractivity contribution in [3.8, 4) is 0 Å². The lowest BCUT2D eigenvalue weighted by atomic mass is 10.0. The summed E-state index contributed by atoms with van der Waals surface area (Å²) in [4.78, 5) is 1.41. The van der Waals surface area contributed by atoms with Crippen LogP contribution in [-0.4, -0.2) is 23.5 Å². The molecule has 2 nitrogen and oxygen atoms in total. The van der Waals surface area contributed by atoms with Crippen molar-refractivity contribution in [3.05, 3.63) is 29.8 Å². The molecule has 2 N–H and O–H groups in total. The second-order valence-electron chi connectivity index (χ2n) is 4.31. The smallest absolute Gasteiger partial charge is 0.0445 e. The number of thioether (sulfide) groups is 1. The van der Waals surface area contributed by atoms with Gasteiger partial charge in [0.2, 0.25) is 0 Å². The predicted molar refractivity (Wildman–Crippen MR) is 68.8 cm³/mol. The van der Waals surface area contributed by atoms with Gasteiger partial charge in [-0.3, -0.25) is 0 Å². The Morgan fingerprint density at radius 1 is 1.50 bits per heavy atom. The highest BCUT2D eigenvalue weighted by Crippen LogP contribution is 2.36. The number of hydrogen-bond donors (Lipinski definition) is 2. The number of hydrogen-bond acceptors (Lipinski definition) is 3. The largest absolute Gasteiger partial charge is 0.396 e. The first kappa shape index (κ1) is 12.0. The molecule has 88 valence electrons. The number of aliphatic hydroxyl groups excluding tert-OH is 1. The van der Waals surface area contributed by atoms with Crippen LogP contribution in [0.2, 0.25) is 0 Å². The van der Waals surface area contributed by atoms with Gasteiger partial charge in [0, 0.05) is 23.6 Å². The maximum Gasteiger partial charge on any atom is 0.0445 e. The SMILES string of the molecule is CC(CCO)NC1CCSc2ccccc21. The number of nitrogens with one attached hydrogen (secondary N) is 1. The van der Waals surface area contributed by atoms with E-state index in [9.17, 15) is 0 Å². The average Bonchev–Trinajstić information content (AvgIpc) is 2.30. The molecule has 1 aliphatic heterocycles. The van der Waals surface area contributed by atoms with Crippen LogP contribution in [0.1, 0.15) is 31.4 Å². The van der Waals surface area contributed by atoms with Gasteiger partial charge in [0.25, 0.3) is 0 Å². The molecule has 2 unspecified atom stereocenters. The summed E-state index contributed by atoms with van der Waals surface area (Å²) in [7, 11) is 0. The number of fused-ring (bicyclic) bond motifs is 1. The fraction of sp³-hybridized carbons (Fsp3) is 0.538. The van der Waals surface area contributed by atoms with E-state index in [-0.39, 0.29) is 6.61 Å². The van der Waals surface area contributed by atoms with Crippen molar-refractivity contribution in [1.29, 1.82) is 0 Å². The quantitative estimate of drug-likeness (QED) is 0.844. The number of aliphatic hydroxyl groups is 1. The van der Waals surface area contributed by atoms with E-state index >= 15 is 0 Å². The minimum absolute atomic E-state index is 0.261. The Morgan fingerprint density at radius 3 is 3.12 bits per heavy atom. The van der Waals surface area contributed by atoms with Crippen LogP contribution in [0.15, 0.2) is 29.2 Å². The third-order valence-corrected chi connectivity index (χ3v) is 4.13. The maximum atomic E-state index is 8.92. The van der Waals surface area contributed by atoms with Gasteiger partial charge in [-0.2, -0.15) is 0 Å². The van der Waals surface area contributed by atoms with Gasteiger partial charge < -0.3 is 10.4 Å². The van der Waals surface area contributed by atoms with E-state index in [1.54, 1.807) is 0 Å². The monoisotopic (exact) mass is 237 g/mol. The molecule has 2 rings (SSSR count). The molecule has 1 heterocycles. The van der Waals surface area contributed by atoms with Gasteiger partial charge in [-0.1, -0.05) is 18.2 Å². The van der Waals surface area contributed by atoms with Crippen LogP contribution in [-0.2, 0) is 0 Å². The van der Waals surface area contributed by atoms with Crippen LogP contribution in [0.25, 0.3) is 0 Å². The molecule has 0 saturated heterocycles. The third-order valence-electron chi connectivity index (χ3n) is 3.01. The standard InChI is InChI=1S/C13H19NOS/c1-10(6-8-15)14-12-7-9-16-13-5-3-2-4-11(12)13/h2-5,10,12,14-15H,6-9H2,1H3. The number of rotatable bonds is 4. The highest BCUT2D eigenvalue weighted by molar-refractivity contribution is 7.99. The Hall–Kier alpha value is -0.510. The molecule has 16 heavy (non-hydrogen) atoms. The molecule has 0 bridgehead atoms. The second kappa shape index (κ2) is 5.71. The summed E-state index contributed by atoms with van der Waals surface area (Å²) in [5.74, 6) is 1.18. The summed E-state index contributed by atoms with van der Waals surface area (Å²) >= 11 is 1.94. The van der Waals surface area contributed by atoms with Gasteiger partial charge in [0.1, 0.15) is 0 Å². The van der Waals surface area contributed by atoms with Crippen LogP contribution in [0, 0.1) is 0 Å². The summed E-state index contributed by atoms with van der Waals surface area (Å²) in [6.45, 7) is 2.40. The first-order valence-corrected chi connectivity index (χ1v) is 6.88. The van der Waals surface area contributed by atoms with Crippen molar-refractivity contribution in [2.24, 2.45) is 0 Å². The summed E-state index contributed by atoms with van der Waals surface area (Å²) in [6, 6.07) is 9.46. The van der Waals surface area contributed by atoms with Gasteiger partial charge >= 0.3 is 0 Å². The van der Waals surface area contributed by atoms with E-state index in [2.05, 4.69) is 36.5 Å². The van der Waals surface area contributed by atoms with Crippen molar-refractivity contribution in [2.45, 2.75) is 36.7 Å². The minimum Gasteiger partial charge on any atom is -0.396 e. The molecule has 1 aromatic rings. The molecule has 0 radical (unpaired) electrons. The first-order valence-electron chi connectivity index (χ1n) is 5.90. The van der Waals surface area contributed by atoms with Crippen molar-refractivity contribution >= 4 is 11.8 Å². The van der Waals surface area contributed by atoms with E-state index in [1.807, 2.05) is 11.8 Å². The Balaban J connectivity index is 2.07. The number of benzene rings is 1. The van der Waals surface area contributed by atoms with E-state index in [0.29, 0.717) is 12.1 Å². The molecular formula is C13H19NOS. The summed E-state index contributed by atoms with van der Waals surface area (Å²) in [6.07, 6.45) is 2.00. The lowest BCUT2D eigenvalue weighted by Crippen LogP contribution is -2.33. The average molecular weight is 237 g/mol. The molecular weight excluding hydrogens is 218 g/mol. The van der Waals surface area contributed by atoms with Gasteiger partial charge in [-0.15, -0.1) is 11.8 Å². The zero-order valence-corrected chi connectivity index (χ0v) is 10.5. The van der Waals surface area contributed by atoms with Crippen LogP contribution < -0.4 is 5.32 Å². The Morgan fingerprint density at radius 2 is 2.31 bits per heavy atom. The van der Waals surface area contributed by atoms with Crippen LogP contribution in [0.4, 0.5) is 0 Å². The van der Waals surface area contributed by atoms with Crippen LogP contribution in [0.5, 0.6) is 0 Å². The normalized spacial score (nSPS) is 21.5. The molecule has 1 aromatic carbocycles. The minimum atomic E-state index is 0.261. The molecule has 0 saturated carbocycles. The lowest BCUT2D eigenvalue weighted by molar-refractivity contribution is 0.262. The van der Waals surface area contributed by atoms with E-state index < -0.39 is 0 Å². The molecule has 0 spiro atoms. The molecule has 0 amide bonds. The molecule has 1 aliphatic rings. The Labute approximate surface area is 101 Å². The zero-order valence-electron chi connectivity index (χ0n) is 9.65. The van der Waals surface area contributed by atoms with Crippen LogP contribution >= 0.6 is 11.8 Å². The molecule has 0 aliphatic carbocycles. The second-order valence-corrected chi connectivity index (χ2v) is 5.44.